The molecule has 0 aliphatic heterocycles. The van der Waals surface area contributed by atoms with E-state index >= 15 is 0 Å². The minimum Gasteiger partial charge on any atom is -0.392 e. The van der Waals surface area contributed by atoms with Crippen molar-refractivity contribution in [3.63, 3.8) is 0 Å². The van der Waals surface area contributed by atoms with Gasteiger partial charge in [-0.2, -0.15) is 0 Å². The van der Waals surface area contributed by atoms with E-state index in [1.165, 1.54) is 10.4 Å². The van der Waals surface area contributed by atoms with Crippen molar-refractivity contribution in [3.05, 3.63) is 65.6 Å². The Morgan fingerprint density at radius 3 is 2.85 bits per heavy atom. The molecule has 2 heterocycles. The molecule has 3 aromatic rings. The molecule has 0 radical (unpaired) electrons. The van der Waals surface area contributed by atoms with Crippen LogP contribution >= 0.6 is 11.3 Å². The summed E-state index contributed by atoms with van der Waals surface area (Å²) >= 11 is 1.71. The molecule has 3 heteroatoms. The van der Waals surface area contributed by atoms with Gasteiger partial charge in [0.1, 0.15) is 0 Å². The number of aliphatic hydroxyl groups excluding tert-OH is 1. The Kier molecular flexibility index (Phi) is 3.90. The molecule has 0 aliphatic carbocycles. The normalized spacial score (nSPS) is 11.4. The number of aliphatic hydroxyl groups is 1. The molecule has 2 aromatic heterocycles. The van der Waals surface area contributed by atoms with Crippen molar-refractivity contribution in [2.24, 2.45) is 0 Å². The lowest BCUT2D eigenvalue weighted by molar-refractivity contribution is 0.342. The van der Waals surface area contributed by atoms with Crippen LogP contribution in [0.15, 0.2) is 60.0 Å². The number of nitrogens with zero attached hydrogens (tertiary/aromatic N) is 1. The van der Waals surface area contributed by atoms with Crippen molar-refractivity contribution < 1.29 is 5.11 Å². The van der Waals surface area contributed by atoms with Crippen molar-refractivity contribution in [2.45, 2.75) is 6.42 Å². The molecule has 3 rings (SSSR count). The highest BCUT2D eigenvalue weighted by molar-refractivity contribution is 7.13. The van der Waals surface area contributed by atoms with E-state index in [4.69, 9.17) is 10.1 Å². The summed E-state index contributed by atoms with van der Waals surface area (Å²) in [5.74, 6) is 0. The second-order valence-corrected chi connectivity index (χ2v) is 5.44. The zero-order valence-electron chi connectivity index (χ0n) is 11.0. The zero-order chi connectivity index (χ0) is 13.8. The third-order valence-electron chi connectivity index (χ3n) is 3.19. The van der Waals surface area contributed by atoms with E-state index in [0.29, 0.717) is 0 Å². The van der Waals surface area contributed by atoms with Crippen molar-refractivity contribution in [3.8, 4) is 10.6 Å². The number of thiophene rings is 1. The quantitative estimate of drug-likeness (QED) is 0.732. The summed E-state index contributed by atoms with van der Waals surface area (Å²) in [4.78, 5) is 5.95. The maximum Gasteiger partial charge on any atom is 0.0812 e. The number of benzene rings is 1. The van der Waals surface area contributed by atoms with E-state index in [0.717, 1.165) is 23.0 Å². The summed E-state index contributed by atoms with van der Waals surface area (Å²) in [6, 6.07) is 14.5. The first-order chi connectivity index (χ1) is 9.88. The maximum absolute atomic E-state index is 8.80. The molecule has 0 saturated heterocycles. The summed E-state index contributed by atoms with van der Waals surface area (Å²) in [5.41, 5.74) is 3.30. The van der Waals surface area contributed by atoms with Gasteiger partial charge in [-0.25, -0.2) is 4.98 Å². The highest BCUT2D eigenvalue weighted by atomic mass is 32.1. The fourth-order valence-corrected chi connectivity index (χ4v) is 3.10. The van der Waals surface area contributed by atoms with Crippen LogP contribution in [0.1, 0.15) is 5.56 Å². The number of para-hydroxylation sites is 1. The van der Waals surface area contributed by atoms with E-state index in [2.05, 4.69) is 29.6 Å². The molecule has 20 heavy (non-hydrogen) atoms. The molecule has 1 aromatic carbocycles. The molecule has 1 N–H and O–H groups in total. The highest BCUT2D eigenvalue weighted by Gasteiger charge is 2.07. The molecule has 0 aliphatic rings. The van der Waals surface area contributed by atoms with Gasteiger partial charge in [0.2, 0.25) is 0 Å². The Balaban J connectivity index is 1.98. The van der Waals surface area contributed by atoms with E-state index in [1.807, 2.05) is 24.3 Å². The average Bonchev–Trinajstić information content (AvgIpc) is 2.95. The molecule has 0 atom stereocenters. The van der Waals surface area contributed by atoms with Gasteiger partial charge < -0.3 is 5.11 Å². The predicted octanol–water partition coefficient (Wildman–Crippen LogP) is 4.05. The van der Waals surface area contributed by atoms with Crippen LogP contribution in [0.25, 0.3) is 21.5 Å². The SMILES string of the molecule is OC/C=C/Cc1ccsc1-c1ccc2ccccc2n1. The van der Waals surface area contributed by atoms with Gasteiger partial charge in [0.25, 0.3) is 0 Å². The average molecular weight is 281 g/mol. The minimum absolute atomic E-state index is 0.0910. The van der Waals surface area contributed by atoms with Crippen molar-refractivity contribution >= 4 is 22.2 Å². The zero-order valence-corrected chi connectivity index (χ0v) is 11.8. The second-order valence-electron chi connectivity index (χ2n) is 4.52. The fourth-order valence-electron chi connectivity index (χ4n) is 2.20. The molecule has 100 valence electrons. The number of allylic oxidation sites excluding steroid dienone is 1. The number of hydrogen-bond acceptors (Lipinski definition) is 3. The molecule has 0 bridgehead atoms. The van der Waals surface area contributed by atoms with Crippen LogP contribution in [-0.2, 0) is 6.42 Å². The van der Waals surface area contributed by atoms with Gasteiger partial charge in [0, 0.05) is 5.39 Å². The fraction of sp³-hybridized carbons (Fsp3) is 0.118. The van der Waals surface area contributed by atoms with Gasteiger partial charge in [-0.3, -0.25) is 0 Å². The van der Waals surface area contributed by atoms with Crippen LogP contribution in [0.2, 0.25) is 0 Å². The molecule has 0 unspecified atom stereocenters. The van der Waals surface area contributed by atoms with Crippen LogP contribution in [0, 0.1) is 0 Å². The highest BCUT2D eigenvalue weighted by Crippen LogP contribution is 2.30. The summed E-state index contributed by atoms with van der Waals surface area (Å²) < 4.78 is 0. The monoisotopic (exact) mass is 281 g/mol. The van der Waals surface area contributed by atoms with Crippen LogP contribution in [-0.4, -0.2) is 16.7 Å². The van der Waals surface area contributed by atoms with Gasteiger partial charge >= 0.3 is 0 Å². The van der Waals surface area contributed by atoms with Gasteiger partial charge in [-0.05, 0) is 35.6 Å². The number of hydrogen-bond donors (Lipinski definition) is 1. The van der Waals surface area contributed by atoms with Crippen LogP contribution in [0.3, 0.4) is 0 Å². The van der Waals surface area contributed by atoms with Crippen molar-refractivity contribution in [2.75, 3.05) is 6.61 Å². The maximum atomic E-state index is 8.80. The Morgan fingerprint density at radius 1 is 1.05 bits per heavy atom. The second kappa shape index (κ2) is 5.99. The van der Waals surface area contributed by atoms with Gasteiger partial charge in [-0.1, -0.05) is 36.4 Å². The van der Waals surface area contributed by atoms with E-state index < -0.39 is 0 Å². The van der Waals surface area contributed by atoms with E-state index in [-0.39, 0.29) is 6.61 Å². The number of aromatic nitrogens is 1. The molecule has 0 saturated carbocycles. The third kappa shape index (κ3) is 2.64. The summed E-state index contributed by atoms with van der Waals surface area (Å²) in [7, 11) is 0. The standard InChI is InChI=1S/C17H15NOS/c19-11-4-3-6-14-10-12-20-17(14)16-9-8-13-5-1-2-7-15(13)18-16/h1-5,7-10,12,19H,6,11H2/b4-3+. The van der Waals surface area contributed by atoms with Crippen LogP contribution in [0.5, 0.6) is 0 Å². The molecule has 2 nitrogen and oxygen atoms in total. The Labute approximate surface area is 122 Å². The molecular formula is C17H15NOS. The predicted molar refractivity (Wildman–Crippen MR) is 85.0 cm³/mol. The number of pyridine rings is 1. The van der Waals surface area contributed by atoms with Crippen LogP contribution < -0.4 is 0 Å². The molecule has 0 spiro atoms. The first-order valence-electron chi connectivity index (χ1n) is 6.57. The lowest BCUT2D eigenvalue weighted by Crippen LogP contribution is -1.87. The number of rotatable bonds is 4. The molecular weight excluding hydrogens is 266 g/mol. The third-order valence-corrected chi connectivity index (χ3v) is 4.17. The van der Waals surface area contributed by atoms with E-state index in [1.54, 1.807) is 17.4 Å². The molecule has 0 fully saturated rings. The topological polar surface area (TPSA) is 33.1 Å². The molecule has 0 amide bonds. The van der Waals surface area contributed by atoms with Gasteiger partial charge in [-0.15, -0.1) is 11.3 Å². The van der Waals surface area contributed by atoms with Crippen molar-refractivity contribution in [1.29, 1.82) is 0 Å². The lowest BCUT2D eigenvalue weighted by atomic mass is 10.1. The Bertz CT molecular complexity index is 745. The Hall–Kier alpha value is -1.97. The largest absolute Gasteiger partial charge is 0.392 e. The summed E-state index contributed by atoms with van der Waals surface area (Å²) in [5, 5.41) is 12.1. The first-order valence-corrected chi connectivity index (χ1v) is 7.45. The van der Waals surface area contributed by atoms with Gasteiger partial charge in [0.05, 0.1) is 22.7 Å². The van der Waals surface area contributed by atoms with Gasteiger partial charge in [0.15, 0.2) is 0 Å². The minimum atomic E-state index is 0.0910. The smallest absolute Gasteiger partial charge is 0.0812 e. The Morgan fingerprint density at radius 2 is 1.95 bits per heavy atom. The van der Waals surface area contributed by atoms with Crippen LogP contribution in [0.4, 0.5) is 0 Å². The van der Waals surface area contributed by atoms with E-state index in [9.17, 15) is 0 Å². The summed E-state index contributed by atoms with van der Waals surface area (Å²) in [6.07, 6.45) is 4.59. The van der Waals surface area contributed by atoms with Crippen molar-refractivity contribution in [1.82, 2.24) is 4.98 Å². The summed E-state index contributed by atoms with van der Waals surface area (Å²) in [6.45, 7) is 0.0910. The lowest BCUT2D eigenvalue weighted by Gasteiger charge is -2.03. The number of fused-ring (bicyclic) bond motifs is 1. The first kappa shape index (κ1) is 13.0.